The molecule has 3 nitrogen and oxygen atoms in total. The van der Waals surface area contributed by atoms with Gasteiger partial charge in [-0.3, -0.25) is 0 Å². The van der Waals surface area contributed by atoms with Gasteiger partial charge in [0.05, 0.1) is 14.9 Å². The van der Waals surface area contributed by atoms with Crippen molar-refractivity contribution in [2.75, 3.05) is 6.54 Å². The minimum Gasteiger partial charge on any atom is -0.211 e. The quantitative estimate of drug-likeness (QED) is 0.896. The number of sulfonamides is 1. The van der Waals surface area contributed by atoms with Crippen LogP contribution >= 0.6 is 23.2 Å². The van der Waals surface area contributed by atoms with Gasteiger partial charge in [-0.2, -0.15) is 0 Å². The van der Waals surface area contributed by atoms with Crippen LogP contribution in [-0.4, -0.2) is 15.0 Å². The zero-order chi connectivity index (χ0) is 15.5. The minimum absolute atomic E-state index is 0.157. The predicted octanol–water partition coefficient (Wildman–Crippen LogP) is 3.82. The van der Waals surface area contributed by atoms with Crippen molar-refractivity contribution in [3.8, 4) is 0 Å². The molecule has 0 spiro atoms. The van der Waals surface area contributed by atoms with Crippen LogP contribution in [0.15, 0.2) is 47.4 Å². The summed E-state index contributed by atoms with van der Waals surface area (Å²) in [5.74, 6) is 0. The van der Waals surface area contributed by atoms with E-state index >= 15 is 0 Å². The molecule has 0 amide bonds. The molecule has 2 aromatic carbocycles. The third kappa shape index (κ3) is 4.20. The summed E-state index contributed by atoms with van der Waals surface area (Å²) in [6, 6.07) is 12.6. The first-order chi connectivity index (χ1) is 9.90. The van der Waals surface area contributed by atoms with Crippen LogP contribution in [0, 0.1) is 6.92 Å². The van der Waals surface area contributed by atoms with Gasteiger partial charge < -0.3 is 0 Å². The van der Waals surface area contributed by atoms with E-state index in [0.29, 0.717) is 23.6 Å². The maximum atomic E-state index is 12.3. The Morgan fingerprint density at radius 3 is 2.33 bits per heavy atom. The van der Waals surface area contributed by atoms with Gasteiger partial charge in [0.2, 0.25) is 10.0 Å². The molecule has 1 N–H and O–H groups in total. The summed E-state index contributed by atoms with van der Waals surface area (Å²) in [6.07, 6.45) is 0.625. The van der Waals surface area contributed by atoms with Crippen molar-refractivity contribution in [3.05, 3.63) is 63.6 Å². The number of rotatable bonds is 5. The minimum atomic E-state index is -3.59. The van der Waals surface area contributed by atoms with Crippen LogP contribution in [0.4, 0.5) is 0 Å². The molecule has 0 aliphatic heterocycles. The molecule has 0 fully saturated rings. The highest BCUT2D eigenvalue weighted by Crippen LogP contribution is 2.28. The molecule has 0 atom stereocenters. The van der Waals surface area contributed by atoms with Crippen molar-refractivity contribution in [1.82, 2.24) is 4.72 Å². The largest absolute Gasteiger partial charge is 0.240 e. The Labute approximate surface area is 135 Å². The third-order valence-corrected chi connectivity index (χ3v) is 5.38. The van der Waals surface area contributed by atoms with E-state index in [-0.39, 0.29) is 9.92 Å². The Hall–Kier alpha value is -1.07. The summed E-state index contributed by atoms with van der Waals surface area (Å²) in [7, 11) is -3.59. The van der Waals surface area contributed by atoms with E-state index in [2.05, 4.69) is 4.72 Å². The number of hydrogen-bond donors (Lipinski definition) is 1. The molecule has 0 aliphatic carbocycles. The third-order valence-electron chi connectivity index (χ3n) is 3.06. The first-order valence-electron chi connectivity index (χ1n) is 6.39. The van der Waals surface area contributed by atoms with Crippen LogP contribution in [0.1, 0.15) is 11.1 Å². The summed E-state index contributed by atoms with van der Waals surface area (Å²) in [4.78, 5) is 0.157. The van der Waals surface area contributed by atoms with Gasteiger partial charge in [-0.05, 0) is 36.6 Å². The van der Waals surface area contributed by atoms with E-state index in [1.165, 1.54) is 6.07 Å². The molecule has 112 valence electrons. The first-order valence-corrected chi connectivity index (χ1v) is 8.63. The predicted molar refractivity (Wildman–Crippen MR) is 86.5 cm³/mol. The first kappa shape index (κ1) is 16.3. The molecule has 0 saturated carbocycles. The van der Waals surface area contributed by atoms with Crippen molar-refractivity contribution in [3.63, 3.8) is 0 Å². The zero-order valence-corrected chi connectivity index (χ0v) is 13.8. The smallest absolute Gasteiger partial charge is 0.211 e. The summed E-state index contributed by atoms with van der Waals surface area (Å²) in [6.45, 7) is 2.01. The van der Waals surface area contributed by atoms with E-state index < -0.39 is 10.0 Å². The lowest BCUT2D eigenvalue weighted by Crippen LogP contribution is -2.26. The topological polar surface area (TPSA) is 46.2 Å². The monoisotopic (exact) mass is 343 g/mol. The molecule has 2 aromatic rings. The number of aryl methyl sites for hydroxylation is 1. The van der Waals surface area contributed by atoms with Gasteiger partial charge in [0, 0.05) is 6.54 Å². The van der Waals surface area contributed by atoms with Gasteiger partial charge in [-0.1, -0.05) is 53.5 Å². The van der Waals surface area contributed by atoms with Crippen LogP contribution in [0.5, 0.6) is 0 Å². The maximum Gasteiger partial charge on any atom is 0.240 e. The number of nitrogens with one attached hydrogen (secondary N) is 1. The number of hydrogen-bond acceptors (Lipinski definition) is 2. The van der Waals surface area contributed by atoms with Gasteiger partial charge in [0.1, 0.15) is 0 Å². The highest BCUT2D eigenvalue weighted by molar-refractivity contribution is 7.89. The summed E-state index contributed by atoms with van der Waals surface area (Å²) < 4.78 is 27.2. The fourth-order valence-corrected chi connectivity index (χ4v) is 3.70. The zero-order valence-electron chi connectivity index (χ0n) is 11.4. The van der Waals surface area contributed by atoms with Crippen molar-refractivity contribution < 1.29 is 8.42 Å². The van der Waals surface area contributed by atoms with E-state index in [4.69, 9.17) is 23.2 Å². The fourth-order valence-electron chi connectivity index (χ4n) is 1.97. The molecule has 0 bridgehead atoms. The molecule has 6 heteroatoms. The lowest BCUT2D eigenvalue weighted by Gasteiger charge is -2.10. The van der Waals surface area contributed by atoms with E-state index in [0.717, 1.165) is 5.56 Å². The van der Waals surface area contributed by atoms with Gasteiger partial charge in [0.15, 0.2) is 0 Å². The van der Waals surface area contributed by atoms with Crippen LogP contribution in [-0.2, 0) is 16.4 Å². The lowest BCUT2D eigenvalue weighted by molar-refractivity contribution is 0.581. The molecule has 21 heavy (non-hydrogen) atoms. The normalized spacial score (nSPS) is 11.6. The summed E-state index contributed by atoms with van der Waals surface area (Å²) in [5.41, 5.74) is 1.64. The van der Waals surface area contributed by atoms with E-state index in [1.807, 2.05) is 30.3 Å². The van der Waals surface area contributed by atoms with Crippen LogP contribution in [0.25, 0.3) is 0 Å². The average Bonchev–Trinajstić information content (AvgIpc) is 2.43. The summed E-state index contributed by atoms with van der Waals surface area (Å²) in [5, 5.41) is 0.572. The Kier molecular flexibility index (Phi) is 5.27. The second-order valence-corrected chi connectivity index (χ2v) is 7.21. The molecule has 0 heterocycles. The summed E-state index contributed by atoms with van der Waals surface area (Å²) >= 11 is 11.8. The van der Waals surface area contributed by atoms with Gasteiger partial charge in [-0.25, -0.2) is 13.1 Å². The Bertz CT molecular complexity index is 731. The van der Waals surface area contributed by atoms with Crippen molar-refractivity contribution in [2.45, 2.75) is 18.2 Å². The Morgan fingerprint density at radius 1 is 1.05 bits per heavy atom. The van der Waals surface area contributed by atoms with Crippen LogP contribution in [0.2, 0.25) is 10.0 Å². The molecule has 0 unspecified atom stereocenters. The van der Waals surface area contributed by atoms with E-state index in [9.17, 15) is 8.42 Å². The SMILES string of the molecule is Cc1cc(Cl)c(Cl)cc1S(=O)(=O)NCCc1ccccc1. The number of halogens is 2. The molecule has 0 aliphatic rings. The molecule has 0 radical (unpaired) electrons. The van der Waals surface area contributed by atoms with Crippen molar-refractivity contribution in [2.24, 2.45) is 0 Å². The van der Waals surface area contributed by atoms with Crippen molar-refractivity contribution >= 4 is 33.2 Å². The van der Waals surface area contributed by atoms with Gasteiger partial charge >= 0.3 is 0 Å². The van der Waals surface area contributed by atoms with Crippen LogP contribution < -0.4 is 4.72 Å². The maximum absolute atomic E-state index is 12.3. The van der Waals surface area contributed by atoms with Crippen LogP contribution in [0.3, 0.4) is 0 Å². The highest BCUT2D eigenvalue weighted by Gasteiger charge is 2.18. The number of benzene rings is 2. The molecular formula is C15H15Cl2NO2S. The molecular weight excluding hydrogens is 329 g/mol. The molecule has 0 aromatic heterocycles. The average molecular weight is 344 g/mol. The van der Waals surface area contributed by atoms with Gasteiger partial charge in [0.25, 0.3) is 0 Å². The fraction of sp³-hybridized carbons (Fsp3) is 0.200. The second-order valence-electron chi connectivity index (χ2n) is 4.67. The highest BCUT2D eigenvalue weighted by atomic mass is 35.5. The van der Waals surface area contributed by atoms with Gasteiger partial charge in [-0.15, -0.1) is 0 Å². The molecule has 0 saturated heterocycles. The van der Waals surface area contributed by atoms with Crippen molar-refractivity contribution in [1.29, 1.82) is 0 Å². The Balaban J connectivity index is 2.10. The lowest BCUT2D eigenvalue weighted by atomic mass is 10.2. The van der Waals surface area contributed by atoms with E-state index in [1.54, 1.807) is 13.0 Å². The standard InChI is InChI=1S/C15H15Cl2NO2S/c1-11-9-13(16)14(17)10-15(11)21(19,20)18-8-7-12-5-3-2-4-6-12/h2-6,9-10,18H,7-8H2,1H3. The second kappa shape index (κ2) is 6.79. The molecule has 2 rings (SSSR count). The Morgan fingerprint density at radius 2 is 1.67 bits per heavy atom.